The number of benzene rings is 1. The van der Waals surface area contributed by atoms with Gasteiger partial charge in [-0.05, 0) is 55.5 Å². The molecule has 0 unspecified atom stereocenters. The lowest BCUT2D eigenvalue weighted by molar-refractivity contribution is 0.312. The zero-order valence-corrected chi connectivity index (χ0v) is 18.3. The van der Waals surface area contributed by atoms with Crippen LogP contribution in [0.4, 0.5) is 23.3 Å². The smallest absolute Gasteiger partial charge is 0.323 e. The average Bonchev–Trinajstić information content (AvgIpc) is 3.48. The van der Waals surface area contributed by atoms with Crippen LogP contribution < -0.4 is 15.4 Å². The highest BCUT2D eigenvalue weighted by molar-refractivity contribution is 5.96. The Balaban J connectivity index is 1.32. The van der Waals surface area contributed by atoms with Gasteiger partial charge in [-0.2, -0.15) is 15.0 Å². The molecule has 3 aromatic rings. The Morgan fingerprint density at radius 2 is 1.94 bits per heavy atom. The van der Waals surface area contributed by atoms with Gasteiger partial charge in [0, 0.05) is 17.8 Å². The van der Waals surface area contributed by atoms with E-state index in [0.717, 1.165) is 23.6 Å². The van der Waals surface area contributed by atoms with E-state index >= 15 is 0 Å². The Hall–Kier alpha value is -3.42. The lowest BCUT2D eigenvalue weighted by atomic mass is 9.84. The van der Waals surface area contributed by atoms with E-state index in [9.17, 15) is 0 Å². The van der Waals surface area contributed by atoms with Crippen LogP contribution in [-0.2, 0) is 13.0 Å². The molecule has 1 saturated carbocycles. The van der Waals surface area contributed by atoms with Crippen molar-refractivity contribution in [2.24, 2.45) is 10.9 Å². The van der Waals surface area contributed by atoms with Crippen LogP contribution in [0.5, 0.6) is 6.01 Å². The summed E-state index contributed by atoms with van der Waals surface area (Å²) in [6, 6.07) is 10.3. The maximum atomic E-state index is 5.53. The molecule has 1 aliphatic heterocycles. The minimum atomic E-state index is 0.269. The molecule has 0 radical (unpaired) electrons. The maximum absolute atomic E-state index is 5.53. The molecule has 0 bridgehead atoms. The molecule has 0 saturated heterocycles. The summed E-state index contributed by atoms with van der Waals surface area (Å²) in [4.78, 5) is 18.2. The zero-order chi connectivity index (χ0) is 21.8. The Morgan fingerprint density at radius 1 is 1.06 bits per heavy atom. The molecular formula is C24H28N6O2. The van der Waals surface area contributed by atoms with Gasteiger partial charge in [0.1, 0.15) is 5.76 Å². The fourth-order valence-electron chi connectivity index (χ4n) is 4.35. The van der Waals surface area contributed by atoms with Gasteiger partial charge in [0.25, 0.3) is 0 Å². The molecule has 0 amide bonds. The summed E-state index contributed by atoms with van der Waals surface area (Å²) in [5, 5.41) is 6.44. The van der Waals surface area contributed by atoms with E-state index in [1.54, 1.807) is 6.26 Å². The molecular weight excluding hydrogens is 404 g/mol. The molecule has 1 fully saturated rings. The molecule has 5 rings (SSSR count). The molecule has 1 aliphatic carbocycles. The van der Waals surface area contributed by atoms with Crippen LogP contribution in [0.3, 0.4) is 0 Å². The first kappa shape index (κ1) is 20.5. The van der Waals surface area contributed by atoms with Crippen molar-refractivity contribution in [2.75, 3.05) is 17.2 Å². The highest BCUT2D eigenvalue weighted by Gasteiger charge is 2.24. The monoisotopic (exact) mass is 432 g/mol. The molecule has 8 heteroatoms. The summed E-state index contributed by atoms with van der Waals surface area (Å²) < 4.78 is 10.9. The van der Waals surface area contributed by atoms with Crippen LogP contribution in [0.1, 0.15) is 50.4 Å². The summed E-state index contributed by atoms with van der Waals surface area (Å²) in [5.41, 5.74) is 4.58. The van der Waals surface area contributed by atoms with E-state index in [0.29, 0.717) is 31.0 Å². The number of anilines is 3. The molecule has 32 heavy (non-hydrogen) atoms. The number of fused-ring (bicyclic) bond motifs is 1. The highest BCUT2D eigenvalue weighted by atomic mass is 16.5. The van der Waals surface area contributed by atoms with E-state index in [1.807, 2.05) is 19.1 Å². The molecule has 0 spiro atoms. The van der Waals surface area contributed by atoms with E-state index in [2.05, 4.69) is 43.8 Å². The van der Waals surface area contributed by atoms with Crippen molar-refractivity contribution in [1.29, 1.82) is 0 Å². The predicted molar refractivity (Wildman–Crippen MR) is 124 cm³/mol. The van der Waals surface area contributed by atoms with Crippen LogP contribution in [0.15, 0.2) is 46.0 Å². The lowest BCUT2D eigenvalue weighted by Gasteiger charge is -2.21. The molecule has 3 heterocycles. The van der Waals surface area contributed by atoms with Gasteiger partial charge < -0.3 is 19.8 Å². The first-order valence-electron chi connectivity index (χ1n) is 11.4. The molecule has 0 atom stereocenters. The Bertz CT molecular complexity index is 1090. The number of nitrogens with zero attached hydrogens (tertiary/aromatic N) is 4. The third-order valence-corrected chi connectivity index (χ3v) is 5.94. The molecule has 1 aromatic carbocycles. The third kappa shape index (κ3) is 4.74. The second kappa shape index (κ2) is 9.38. The van der Waals surface area contributed by atoms with Crippen molar-refractivity contribution in [3.8, 4) is 6.01 Å². The van der Waals surface area contributed by atoms with Crippen molar-refractivity contribution in [2.45, 2.75) is 52.0 Å². The van der Waals surface area contributed by atoms with Gasteiger partial charge >= 0.3 is 6.01 Å². The van der Waals surface area contributed by atoms with Crippen LogP contribution in [0.2, 0.25) is 0 Å². The lowest BCUT2D eigenvalue weighted by Crippen LogP contribution is -2.17. The van der Waals surface area contributed by atoms with E-state index in [-0.39, 0.29) is 6.01 Å². The maximum Gasteiger partial charge on any atom is 0.323 e. The number of hydrogen-bond acceptors (Lipinski definition) is 8. The Kier molecular flexibility index (Phi) is 6.00. The van der Waals surface area contributed by atoms with E-state index in [4.69, 9.17) is 14.1 Å². The molecule has 166 valence electrons. The number of aromatic nitrogens is 3. The van der Waals surface area contributed by atoms with Gasteiger partial charge in [0.2, 0.25) is 11.9 Å². The highest BCUT2D eigenvalue weighted by Crippen LogP contribution is 2.36. The van der Waals surface area contributed by atoms with Crippen molar-refractivity contribution < 1.29 is 9.15 Å². The summed E-state index contributed by atoms with van der Waals surface area (Å²) in [6.45, 7) is 2.84. The number of ether oxygens (including phenoxy) is 1. The number of furan rings is 1. The summed E-state index contributed by atoms with van der Waals surface area (Å²) in [7, 11) is 0. The zero-order valence-electron chi connectivity index (χ0n) is 18.3. The predicted octanol–water partition coefficient (Wildman–Crippen LogP) is 5.43. The first-order valence-corrected chi connectivity index (χ1v) is 11.4. The quantitative estimate of drug-likeness (QED) is 0.490. The third-order valence-electron chi connectivity index (χ3n) is 5.94. The summed E-state index contributed by atoms with van der Waals surface area (Å²) >= 11 is 0. The van der Waals surface area contributed by atoms with Gasteiger partial charge in [0.05, 0.1) is 25.1 Å². The second-order valence-corrected chi connectivity index (χ2v) is 8.21. The topological polar surface area (TPSA) is 97.5 Å². The minimum Gasteiger partial charge on any atom is -0.467 e. The van der Waals surface area contributed by atoms with Gasteiger partial charge in [-0.15, -0.1) is 0 Å². The fraction of sp³-hybridized carbons (Fsp3) is 0.417. The largest absolute Gasteiger partial charge is 0.467 e. The molecule has 8 nitrogen and oxygen atoms in total. The number of aliphatic imine (C=N–C) groups is 1. The van der Waals surface area contributed by atoms with E-state index < -0.39 is 0 Å². The van der Waals surface area contributed by atoms with Gasteiger partial charge in [-0.1, -0.05) is 25.3 Å². The van der Waals surface area contributed by atoms with Crippen molar-refractivity contribution in [3.05, 3.63) is 47.9 Å². The molecule has 2 N–H and O–H groups in total. The fourth-order valence-corrected chi connectivity index (χ4v) is 4.35. The number of nitrogens with one attached hydrogen (secondary N) is 2. The summed E-state index contributed by atoms with van der Waals surface area (Å²) in [6.07, 6.45) is 9.17. The Labute approximate surface area is 187 Å². The van der Waals surface area contributed by atoms with Crippen LogP contribution >= 0.6 is 0 Å². The van der Waals surface area contributed by atoms with Crippen molar-refractivity contribution in [1.82, 2.24) is 15.0 Å². The van der Waals surface area contributed by atoms with Crippen LogP contribution in [0, 0.1) is 5.92 Å². The summed E-state index contributed by atoms with van der Waals surface area (Å²) in [5.74, 6) is 2.27. The SMILES string of the molecule is CCOc1nc(NCc2ccco2)nc(Nc2ccc3c(c2)N=C(C2CCCCC2)C3)n1. The molecule has 2 aromatic heterocycles. The van der Waals surface area contributed by atoms with Gasteiger partial charge in [-0.3, -0.25) is 4.99 Å². The Morgan fingerprint density at radius 3 is 2.75 bits per heavy atom. The standard InChI is InChI=1S/C24H28N6O2/c1-2-31-24-29-22(25-15-19-9-6-12-32-19)28-23(30-24)26-18-11-10-17-13-20(27-21(17)14-18)16-7-4-3-5-8-16/h6,9-12,14,16H,2-5,7-8,13,15H2,1H3,(H2,25,26,28,29,30). The van der Waals surface area contributed by atoms with E-state index in [1.165, 1.54) is 43.4 Å². The second-order valence-electron chi connectivity index (χ2n) is 8.21. The number of rotatable bonds is 8. The number of hydrogen-bond donors (Lipinski definition) is 2. The molecule has 2 aliphatic rings. The van der Waals surface area contributed by atoms with Crippen molar-refractivity contribution in [3.63, 3.8) is 0 Å². The van der Waals surface area contributed by atoms with Gasteiger partial charge in [0.15, 0.2) is 0 Å². The normalized spacial score (nSPS) is 15.8. The van der Waals surface area contributed by atoms with Crippen LogP contribution in [-0.4, -0.2) is 27.3 Å². The minimum absolute atomic E-state index is 0.269. The average molecular weight is 433 g/mol. The van der Waals surface area contributed by atoms with Gasteiger partial charge in [-0.25, -0.2) is 0 Å². The van der Waals surface area contributed by atoms with Crippen molar-refractivity contribution >= 4 is 29.0 Å². The first-order chi connectivity index (χ1) is 15.8. The van der Waals surface area contributed by atoms with Crippen LogP contribution in [0.25, 0.3) is 0 Å².